The van der Waals surface area contributed by atoms with Gasteiger partial charge in [0.2, 0.25) is 0 Å². The summed E-state index contributed by atoms with van der Waals surface area (Å²) in [4.78, 5) is 12.4. The normalized spacial score (nSPS) is 21.5. The van der Waals surface area contributed by atoms with Gasteiger partial charge in [-0.05, 0) is 19.3 Å². The fourth-order valence-electron chi connectivity index (χ4n) is 1.57. The van der Waals surface area contributed by atoms with Crippen LogP contribution in [0.2, 0.25) is 0 Å². The Hall–Kier alpha value is -0.570. The number of carbonyl (C=O) groups excluding carboxylic acids is 1. The first kappa shape index (κ1) is 8.53. The van der Waals surface area contributed by atoms with Gasteiger partial charge in [0.15, 0.2) is 0 Å². The molecular formula is C8H15N2O. The van der Waals surface area contributed by atoms with Gasteiger partial charge in [-0.3, -0.25) is 9.69 Å². The van der Waals surface area contributed by atoms with E-state index in [0.717, 1.165) is 19.5 Å². The molecule has 3 heteroatoms. The maximum absolute atomic E-state index is 10.1. The van der Waals surface area contributed by atoms with Crippen LogP contribution in [0.15, 0.2) is 0 Å². The average Bonchev–Trinajstić information content (AvgIpc) is 2.52. The summed E-state index contributed by atoms with van der Waals surface area (Å²) in [7, 11) is 0. The van der Waals surface area contributed by atoms with Crippen molar-refractivity contribution < 1.29 is 4.79 Å². The van der Waals surface area contributed by atoms with Crippen molar-refractivity contribution in [2.75, 3.05) is 13.1 Å². The zero-order valence-corrected chi connectivity index (χ0v) is 6.97. The van der Waals surface area contributed by atoms with Gasteiger partial charge in [-0.2, -0.15) is 0 Å². The minimum atomic E-state index is 0.218. The molecule has 1 aliphatic heterocycles. The lowest BCUT2D eigenvalue weighted by Gasteiger charge is -2.24. The zero-order chi connectivity index (χ0) is 8.10. The minimum Gasteiger partial charge on any atom is -0.332 e. The van der Waals surface area contributed by atoms with Crippen molar-refractivity contribution in [2.24, 2.45) is 0 Å². The molecule has 1 fully saturated rings. The lowest BCUT2D eigenvalue weighted by atomic mass is 10.3. The van der Waals surface area contributed by atoms with E-state index in [0.29, 0.717) is 0 Å². The summed E-state index contributed by atoms with van der Waals surface area (Å²) >= 11 is 0. The number of hydrogen-bond acceptors (Lipinski definition) is 2. The summed E-state index contributed by atoms with van der Waals surface area (Å²) in [5.41, 5.74) is 0. The Labute approximate surface area is 67.8 Å². The largest absolute Gasteiger partial charge is 0.332 e. The molecule has 0 spiro atoms. The SMILES string of the molecule is CCC(N[C]=O)N1CCCC1. The summed E-state index contributed by atoms with van der Waals surface area (Å²) in [6, 6.07) is 0. The van der Waals surface area contributed by atoms with Gasteiger partial charge in [0.25, 0.3) is 0 Å². The van der Waals surface area contributed by atoms with Gasteiger partial charge in [0, 0.05) is 13.1 Å². The number of nitrogens with zero attached hydrogens (tertiary/aromatic N) is 1. The third-order valence-electron chi connectivity index (χ3n) is 2.19. The van der Waals surface area contributed by atoms with Crippen LogP contribution < -0.4 is 5.32 Å². The van der Waals surface area contributed by atoms with Gasteiger partial charge in [-0.15, -0.1) is 0 Å². The standard InChI is InChI=1S/C8H15N2O/c1-2-8(9-7-11)10-5-3-4-6-10/h8H,2-6H2,1H3,(H,9,11). The van der Waals surface area contributed by atoms with Crippen LogP contribution in [0.5, 0.6) is 0 Å². The van der Waals surface area contributed by atoms with E-state index in [9.17, 15) is 4.79 Å². The van der Waals surface area contributed by atoms with Gasteiger partial charge in [-0.1, -0.05) is 6.92 Å². The molecule has 0 aromatic heterocycles. The molecular weight excluding hydrogens is 140 g/mol. The van der Waals surface area contributed by atoms with E-state index in [4.69, 9.17) is 0 Å². The Balaban J connectivity index is 2.33. The molecule has 1 N–H and O–H groups in total. The highest BCUT2D eigenvalue weighted by molar-refractivity contribution is 5.47. The first-order chi connectivity index (χ1) is 5.38. The molecule has 1 atom stereocenters. The van der Waals surface area contributed by atoms with Gasteiger partial charge in [0.1, 0.15) is 0 Å². The van der Waals surface area contributed by atoms with Crippen LogP contribution in [0.1, 0.15) is 26.2 Å². The first-order valence-corrected chi connectivity index (χ1v) is 4.25. The lowest BCUT2D eigenvalue weighted by molar-refractivity contribution is 0.219. The van der Waals surface area contributed by atoms with Crippen molar-refractivity contribution in [3.63, 3.8) is 0 Å². The molecule has 0 aliphatic carbocycles. The molecule has 0 saturated carbocycles. The fourth-order valence-corrected chi connectivity index (χ4v) is 1.57. The Morgan fingerprint density at radius 2 is 2.18 bits per heavy atom. The highest BCUT2D eigenvalue weighted by Gasteiger charge is 2.19. The zero-order valence-electron chi connectivity index (χ0n) is 6.97. The Bertz CT molecular complexity index is 121. The van der Waals surface area contributed by atoms with Gasteiger partial charge in [0.05, 0.1) is 6.17 Å². The number of nitrogens with one attached hydrogen (secondary N) is 1. The summed E-state index contributed by atoms with van der Waals surface area (Å²) in [6.07, 6.45) is 5.46. The van der Waals surface area contributed by atoms with Crippen LogP contribution in [0.3, 0.4) is 0 Å². The molecule has 1 unspecified atom stereocenters. The van der Waals surface area contributed by atoms with E-state index in [2.05, 4.69) is 17.1 Å². The number of likely N-dealkylation sites (tertiary alicyclic amines) is 1. The van der Waals surface area contributed by atoms with Crippen molar-refractivity contribution in [3.05, 3.63) is 0 Å². The van der Waals surface area contributed by atoms with Crippen molar-refractivity contribution in [1.82, 2.24) is 10.2 Å². The van der Waals surface area contributed by atoms with Crippen LogP contribution >= 0.6 is 0 Å². The Kier molecular flexibility index (Phi) is 3.36. The van der Waals surface area contributed by atoms with E-state index in [-0.39, 0.29) is 6.17 Å². The van der Waals surface area contributed by atoms with Crippen LogP contribution in [-0.2, 0) is 4.79 Å². The summed E-state index contributed by atoms with van der Waals surface area (Å²) < 4.78 is 0. The summed E-state index contributed by atoms with van der Waals surface area (Å²) in [5.74, 6) is 0. The molecule has 0 aromatic carbocycles. The van der Waals surface area contributed by atoms with Crippen molar-refractivity contribution in [1.29, 1.82) is 0 Å². The molecule has 1 amide bonds. The summed E-state index contributed by atoms with van der Waals surface area (Å²) in [6.45, 7) is 4.31. The molecule has 1 aliphatic rings. The molecule has 11 heavy (non-hydrogen) atoms. The van der Waals surface area contributed by atoms with Gasteiger partial charge < -0.3 is 5.32 Å². The maximum atomic E-state index is 10.1. The molecule has 1 saturated heterocycles. The Morgan fingerprint density at radius 3 is 2.64 bits per heavy atom. The molecule has 0 bridgehead atoms. The predicted octanol–water partition coefficient (Wildman–Crippen LogP) is 0.475. The van der Waals surface area contributed by atoms with E-state index in [1.54, 1.807) is 6.41 Å². The van der Waals surface area contributed by atoms with E-state index in [1.165, 1.54) is 12.8 Å². The third-order valence-corrected chi connectivity index (χ3v) is 2.19. The van der Waals surface area contributed by atoms with Crippen molar-refractivity contribution in [3.8, 4) is 0 Å². The van der Waals surface area contributed by atoms with E-state index >= 15 is 0 Å². The van der Waals surface area contributed by atoms with Crippen LogP contribution in [0, 0.1) is 0 Å². The second-order valence-electron chi connectivity index (χ2n) is 2.91. The second-order valence-corrected chi connectivity index (χ2v) is 2.91. The smallest absolute Gasteiger partial charge is 0.310 e. The highest BCUT2D eigenvalue weighted by Crippen LogP contribution is 2.11. The van der Waals surface area contributed by atoms with E-state index < -0.39 is 0 Å². The molecule has 1 radical (unpaired) electrons. The quantitative estimate of drug-likeness (QED) is 0.599. The lowest BCUT2D eigenvalue weighted by Crippen LogP contribution is -2.42. The van der Waals surface area contributed by atoms with Crippen LogP contribution in [0.4, 0.5) is 0 Å². The summed E-state index contributed by atoms with van der Waals surface area (Å²) in [5, 5.41) is 2.69. The first-order valence-electron chi connectivity index (χ1n) is 4.25. The van der Waals surface area contributed by atoms with Gasteiger partial charge >= 0.3 is 6.41 Å². The fraction of sp³-hybridized carbons (Fsp3) is 0.875. The Morgan fingerprint density at radius 1 is 1.55 bits per heavy atom. The molecule has 0 aromatic rings. The van der Waals surface area contributed by atoms with Crippen LogP contribution in [0.25, 0.3) is 0 Å². The molecule has 3 nitrogen and oxygen atoms in total. The molecule has 1 rings (SSSR count). The second kappa shape index (κ2) is 4.34. The number of amides is 1. The maximum Gasteiger partial charge on any atom is 0.310 e. The topological polar surface area (TPSA) is 32.3 Å². The molecule has 63 valence electrons. The number of hydrogen-bond donors (Lipinski definition) is 1. The van der Waals surface area contributed by atoms with Gasteiger partial charge in [-0.25, -0.2) is 0 Å². The third kappa shape index (κ3) is 2.19. The van der Waals surface area contributed by atoms with Crippen LogP contribution in [-0.4, -0.2) is 30.6 Å². The average molecular weight is 155 g/mol. The number of rotatable bonds is 4. The minimum absolute atomic E-state index is 0.218. The van der Waals surface area contributed by atoms with E-state index in [1.807, 2.05) is 0 Å². The van der Waals surface area contributed by atoms with Crippen molar-refractivity contribution in [2.45, 2.75) is 32.4 Å². The molecule has 1 heterocycles. The highest BCUT2D eigenvalue weighted by atomic mass is 16.1. The predicted molar refractivity (Wildman–Crippen MR) is 43.7 cm³/mol. The monoisotopic (exact) mass is 155 g/mol. The van der Waals surface area contributed by atoms with Crippen molar-refractivity contribution >= 4 is 6.41 Å².